The van der Waals surface area contributed by atoms with Crippen molar-refractivity contribution in [3.05, 3.63) is 28.2 Å². The Hall–Kier alpha value is -0.650. The molecule has 1 saturated heterocycles. The summed E-state index contributed by atoms with van der Waals surface area (Å²) in [6.07, 6.45) is 2.79. The summed E-state index contributed by atoms with van der Waals surface area (Å²) in [6.45, 7) is 4.55. The zero-order valence-electron chi connectivity index (χ0n) is 10.8. The number of halogens is 1. The smallest absolute Gasteiger partial charge is 0.104 e. The third kappa shape index (κ3) is 2.93. The SMILES string of the molecule is NC(=S)c1ccc(N2CCN(C3CC3)CC2)c(Br)c1. The molecule has 1 aliphatic carbocycles. The van der Waals surface area contributed by atoms with Crippen molar-refractivity contribution in [2.24, 2.45) is 5.73 Å². The molecule has 1 saturated carbocycles. The van der Waals surface area contributed by atoms with Gasteiger partial charge in [-0.1, -0.05) is 12.2 Å². The first-order chi connectivity index (χ1) is 9.15. The summed E-state index contributed by atoms with van der Waals surface area (Å²) < 4.78 is 1.08. The molecule has 2 fully saturated rings. The van der Waals surface area contributed by atoms with E-state index in [4.69, 9.17) is 18.0 Å². The molecule has 0 aromatic heterocycles. The Bertz CT molecular complexity index is 493. The van der Waals surface area contributed by atoms with Crippen LogP contribution < -0.4 is 10.6 Å². The number of hydrogen-bond donors (Lipinski definition) is 1. The van der Waals surface area contributed by atoms with Crippen LogP contribution in [0.1, 0.15) is 18.4 Å². The highest BCUT2D eigenvalue weighted by Gasteiger charge is 2.31. The van der Waals surface area contributed by atoms with Crippen molar-refractivity contribution >= 4 is 38.8 Å². The maximum Gasteiger partial charge on any atom is 0.104 e. The van der Waals surface area contributed by atoms with Crippen LogP contribution in [0.2, 0.25) is 0 Å². The molecule has 19 heavy (non-hydrogen) atoms. The van der Waals surface area contributed by atoms with Crippen LogP contribution in [0.4, 0.5) is 5.69 Å². The molecule has 3 nitrogen and oxygen atoms in total. The van der Waals surface area contributed by atoms with Crippen molar-refractivity contribution in [2.75, 3.05) is 31.1 Å². The van der Waals surface area contributed by atoms with E-state index in [0.717, 1.165) is 29.2 Å². The molecule has 0 radical (unpaired) electrons. The lowest BCUT2D eigenvalue weighted by Gasteiger charge is -2.36. The summed E-state index contributed by atoms with van der Waals surface area (Å²) in [5.74, 6) is 0. The van der Waals surface area contributed by atoms with Gasteiger partial charge < -0.3 is 10.6 Å². The van der Waals surface area contributed by atoms with Gasteiger partial charge >= 0.3 is 0 Å². The molecule has 0 bridgehead atoms. The third-order valence-electron chi connectivity index (χ3n) is 3.95. The summed E-state index contributed by atoms with van der Waals surface area (Å²) >= 11 is 8.65. The largest absolute Gasteiger partial charge is 0.389 e. The number of piperazine rings is 1. The maximum absolute atomic E-state index is 5.66. The molecule has 1 aromatic carbocycles. The molecule has 0 unspecified atom stereocenters. The van der Waals surface area contributed by atoms with Gasteiger partial charge in [0.25, 0.3) is 0 Å². The van der Waals surface area contributed by atoms with Crippen molar-refractivity contribution in [2.45, 2.75) is 18.9 Å². The summed E-state index contributed by atoms with van der Waals surface area (Å²) in [5.41, 5.74) is 7.82. The molecule has 0 spiro atoms. The molecule has 1 aromatic rings. The van der Waals surface area contributed by atoms with Gasteiger partial charge in [-0.3, -0.25) is 4.90 Å². The normalized spacial score (nSPS) is 20.6. The van der Waals surface area contributed by atoms with Gasteiger partial charge in [0, 0.05) is 42.3 Å². The van der Waals surface area contributed by atoms with E-state index in [1.165, 1.54) is 31.6 Å². The lowest BCUT2D eigenvalue weighted by molar-refractivity contribution is 0.248. The highest BCUT2D eigenvalue weighted by molar-refractivity contribution is 9.10. The van der Waals surface area contributed by atoms with E-state index in [9.17, 15) is 0 Å². The second-order valence-electron chi connectivity index (χ2n) is 5.28. The van der Waals surface area contributed by atoms with Crippen LogP contribution in [0.5, 0.6) is 0 Å². The number of nitrogens with zero attached hydrogens (tertiary/aromatic N) is 2. The first-order valence-electron chi connectivity index (χ1n) is 6.73. The molecule has 0 amide bonds. The Balaban J connectivity index is 1.70. The van der Waals surface area contributed by atoms with Crippen molar-refractivity contribution in [3.8, 4) is 0 Å². The Morgan fingerprint density at radius 3 is 2.42 bits per heavy atom. The molecule has 1 heterocycles. The number of nitrogens with two attached hydrogens (primary N) is 1. The zero-order chi connectivity index (χ0) is 13.4. The molecule has 2 aliphatic rings. The van der Waals surface area contributed by atoms with Crippen LogP contribution >= 0.6 is 28.1 Å². The first-order valence-corrected chi connectivity index (χ1v) is 7.93. The summed E-state index contributed by atoms with van der Waals surface area (Å²) in [4.78, 5) is 5.51. The fourth-order valence-electron chi connectivity index (χ4n) is 2.68. The van der Waals surface area contributed by atoms with Gasteiger partial charge in [-0.2, -0.15) is 0 Å². The average Bonchev–Trinajstić information content (AvgIpc) is 3.23. The fraction of sp³-hybridized carbons (Fsp3) is 0.500. The predicted octanol–water partition coefficient (Wildman–Crippen LogP) is 2.37. The number of benzene rings is 1. The van der Waals surface area contributed by atoms with E-state index in [0.29, 0.717) is 4.99 Å². The Labute approximate surface area is 127 Å². The molecule has 102 valence electrons. The molecule has 5 heteroatoms. The minimum absolute atomic E-state index is 0.450. The number of hydrogen-bond acceptors (Lipinski definition) is 3. The van der Waals surface area contributed by atoms with E-state index in [2.05, 4.69) is 31.8 Å². The third-order valence-corrected chi connectivity index (χ3v) is 4.82. The van der Waals surface area contributed by atoms with Gasteiger partial charge in [-0.05, 0) is 47.0 Å². The Morgan fingerprint density at radius 1 is 1.21 bits per heavy atom. The maximum atomic E-state index is 5.66. The minimum atomic E-state index is 0.450. The van der Waals surface area contributed by atoms with E-state index >= 15 is 0 Å². The highest BCUT2D eigenvalue weighted by atomic mass is 79.9. The van der Waals surface area contributed by atoms with Gasteiger partial charge in [-0.25, -0.2) is 0 Å². The van der Waals surface area contributed by atoms with Gasteiger partial charge in [0.05, 0.1) is 5.69 Å². The van der Waals surface area contributed by atoms with Crippen LogP contribution in [0, 0.1) is 0 Å². The van der Waals surface area contributed by atoms with E-state index < -0.39 is 0 Å². The van der Waals surface area contributed by atoms with E-state index in [1.807, 2.05) is 12.1 Å². The molecular weight excluding hydrogens is 322 g/mol. The molecule has 3 rings (SSSR count). The van der Waals surface area contributed by atoms with Crippen LogP contribution in [0.25, 0.3) is 0 Å². The summed E-state index contributed by atoms with van der Waals surface area (Å²) in [7, 11) is 0. The van der Waals surface area contributed by atoms with Crippen molar-refractivity contribution < 1.29 is 0 Å². The van der Waals surface area contributed by atoms with Gasteiger partial charge in [0.2, 0.25) is 0 Å². The van der Waals surface area contributed by atoms with E-state index in [-0.39, 0.29) is 0 Å². The molecule has 2 N–H and O–H groups in total. The van der Waals surface area contributed by atoms with E-state index in [1.54, 1.807) is 0 Å². The minimum Gasteiger partial charge on any atom is -0.389 e. The fourth-order valence-corrected chi connectivity index (χ4v) is 3.44. The topological polar surface area (TPSA) is 32.5 Å². The average molecular weight is 340 g/mol. The molecular formula is C14H18BrN3S. The Morgan fingerprint density at radius 2 is 1.89 bits per heavy atom. The predicted molar refractivity (Wildman–Crippen MR) is 86.8 cm³/mol. The quantitative estimate of drug-likeness (QED) is 0.857. The van der Waals surface area contributed by atoms with Gasteiger partial charge in [0.15, 0.2) is 0 Å². The Kier molecular flexibility index (Phi) is 3.78. The summed E-state index contributed by atoms with van der Waals surface area (Å²) in [5, 5.41) is 0. The second-order valence-corrected chi connectivity index (χ2v) is 6.58. The van der Waals surface area contributed by atoms with Gasteiger partial charge in [-0.15, -0.1) is 0 Å². The van der Waals surface area contributed by atoms with Crippen LogP contribution in [0.3, 0.4) is 0 Å². The van der Waals surface area contributed by atoms with Crippen molar-refractivity contribution in [1.82, 2.24) is 4.90 Å². The standard InChI is InChI=1S/C14H18BrN3S/c15-12-9-10(14(16)19)1-4-13(12)18-7-5-17(6-8-18)11-2-3-11/h1,4,9,11H,2-3,5-8H2,(H2,16,19). The first kappa shape index (κ1) is 13.3. The molecule has 1 aliphatic heterocycles. The monoisotopic (exact) mass is 339 g/mol. The number of rotatable bonds is 3. The van der Waals surface area contributed by atoms with Crippen LogP contribution in [0.15, 0.2) is 22.7 Å². The summed E-state index contributed by atoms with van der Waals surface area (Å²) in [6, 6.07) is 7.02. The lowest BCUT2D eigenvalue weighted by Crippen LogP contribution is -2.47. The number of anilines is 1. The van der Waals surface area contributed by atoms with Crippen molar-refractivity contribution in [3.63, 3.8) is 0 Å². The number of thiocarbonyl (C=S) groups is 1. The van der Waals surface area contributed by atoms with Crippen LogP contribution in [-0.2, 0) is 0 Å². The van der Waals surface area contributed by atoms with Gasteiger partial charge in [0.1, 0.15) is 4.99 Å². The highest BCUT2D eigenvalue weighted by Crippen LogP contribution is 2.31. The van der Waals surface area contributed by atoms with Crippen molar-refractivity contribution in [1.29, 1.82) is 0 Å². The zero-order valence-corrected chi connectivity index (χ0v) is 13.2. The van der Waals surface area contributed by atoms with Crippen LogP contribution in [-0.4, -0.2) is 42.1 Å². The lowest BCUT2D eigenvalue weighted by atomic mass is 10.2. The molecule has 0 atom stereocenters. The second kappa shape index (κ2) is 5.38.